The summed E-state index contributed by atoms with van der Waals surface area (Å²) in [6.07, 6.45) is 0. The number of nitrogens with one attached hydrogen (secondary N) is 2. The van der Waals surface area contributed by atoms with Crippen LogP contribution in [0.4, 0.5) is 0 Å². The predicted octanol–water partition coefficient (Wildman–Crippen LogP) is 2.73. The summed E-state index contributed by atoms with van der Waals surface area (Å²) >= 11 is 0. The van der Waals surface area contributed by atoms with E-state index in [9.17, 15) is 5.26 Å². The largest absolute Gasteiger partial charge is 0.339 e. The Morgan fingerprint density at radius 3 is 2.46 bits per heavy atom. The fourth-order valence-electron chi connectivity index (χ4n) is 2.79. The summed E-state index contributed by atoms with van der Waals surface area (Å²) in [5, 5.41) is 27.5. The van der Waals surface area contributed by atoms with Gasteiger partial charge in [0.1, 0.15) is 17.2 Å². The highest BCUT2D eigenvalue weighted by atomic mass is 15.1. The number of hydrogen-bond donors (Lipinski definition) is 2. The second-order valence-electron chi connectivity index (χ2n) is 5.28. The minimum absolute atomic E-state index is 0.00117. The number of H-pyrrole nitrogens is 1. The Balaban J connectivity index is 2.16. The lowest BCUT2D eigenvalue weighted by Crippen LogP contribution is -2.23. The molecule has 6 heteroatoms. The third-order valence-corrected chi connectivity index (χ3v) is 3.92. The molecule has 2 aromatic carbocycles. The zero-order valence-corrected chi connectivity index (χ0v) is 12.4. The van der Waals surface area contributed by atoms with Crippen molar-refractivity contribution < 1.29 is 0 Å². The van der Waals surface area contributed by atoms with Crippen LogP contribution in [0.1, 0.15) is 11.3 Å². The predicted molar refractivity (Wildman–Crippen MR) is 88.2 cm³/mol. The third-order valence-electron chi connectivity index (χ3n) is 3.92. The Morgan fingerprint density at radius 1 is 1.00 bits per heavy atom. The number of aromatic nitrogens is 3. The van der Waals surface area contributed by atoms with E-state index in [1.807, 2.05) is 30.3 Å². The summed E-state index contributed by atoms with van der Waals surface area (Å²) in [6.45, 7) is 0. The van der Waals surface area contributed by atoms with Crippen molar-refractivity contribution in [1.82, 2.24) is 14.5 Å². The Kier molecular flexibility index (Phi) is 2.91. The summed E-state index contributed by atoms with van der Waals surface area (Å²) in [5.41, 5.74) is 3.45. The van der Waals surface area contributed by atoms with Gasteiger partial charge in [0.05, 0.1) is 11.6 Å². The number of nitrogens with zero attached hydrogens (tertiary/aromatic N) is 4. The normalized spacial score (nSPS) is 10.6. The molecule has 0 radical (unpaired) electrons. The van der Waals surface area contributed by atoms with Crippen LogP contribution in [0, 0.1) is 28.1 Å². The van der Waals surface area contributed by atoms with Gasteiger partial charge in [0.2, 0.25) is 0 Å². The van der Waals surface area contributed by atoms with E-state index in [2.05, 4.69) is 16.0 Å². The molecule has 0 aliphatic carbocycles. The van der Waals surface area contributed by atoms with Crippen LogP contribution in [0.5, 0.6) is 0 Å². The van der Waals surface area contributed by atoms with E-state index in [0.717, 1.165) is 10.9 Å². The molecule has 0 fully saturated rings. The van der Waals surface area contributed by atoms with Crippen LogP contribution in [-0.4, -0.2) is 14.5 Å². The van der Waals surface area contributed by atoms with E-state index in [1.165, 1.54) is 0 Å². The third kappa shape index (κ3) is 1.88. The van der Waals surface area contributed by atoms with Crippen LogP contribution in [0.2, 0.25) is 0 Å². The van der Waals surface area contributed by atoms with Gasteiger partial charge in [0.25, 0.3) is 0 Å². The first-order valence-corrected chi connectivity index (χ1v) is 7.21. The summed E-state index contributed by atoms with van der Waals surface area (Å²) in [4.78, 5) is 7.62. The molecule has 0 unspecified atom stereocenters. The molecule has 0 saturated carbocycles. The molecule has 4 aromatic rings. The monoisotopic (exact) mass is 310 g/mol. The van der Waals surface area contributed by atoms with Gasteiger partial charge in [-0.25, -0.2) is 4.98 Å². The van der Waals surface area contributed by atoms with E-state index < -0.39 is 0 Å². The molecule has 2 aromatic heterocycles. The van der Waals surface area contributed by atoms with Gasteiger partial charge >= 0.3 is 0 Å². The first-order valence-electron chi connectivity index (χ1n) is 7.21. The van der Waals surface area contributed by atoms with Crippen molar-refractivity contribution in [3.63, 3.8) is 0 Å². The van der Waals surface area contributed by atoms with E-state index in [1.54, 1.807) is 28.8 Å². The number of nitriles is 2. The smallest absolute Gasteiger partial charge is 0.184 e. The molecule has 0 atom stereocenters. The van der Waals surface area contributed by atoms with Crippen LogP contribution in [-0.2, 0) is 0 Å². The minimum Gasteiger partial charge on any atom is -0.339 e. The molecule has 0 saturated heterocycles. The number of benzene rings is 2. The molecule has 0 aliphatic rings. The van der Waals surface area contributed by atoms with E-state index >= 15 is 0 Å². The highest BCUT2D eigenvalue weighted by Gasteiger charge is 2.14. The van der Waals surface area contributed by atoms with Crippen LogP contribution in [0.15, 0.2) is 48.5 Å². The number of fused-ring (bicyclic) bond motifs is 3. The topological polar surface area (TPSA) is 105 Å². The second kappa shape index (κ2) is 5.08. The van der Waals surface area contributed by atoms with E-state index in [0.29, 0.717) is 22.4 Å². The molecule has 112 valence electrons. The molecule has 0 spiro atoms. The molecule has 2 heterocycles. The highest BCUT2D eigenvalue weighted by molar-refractivity contribution is 6.04. The first-order chi connectivity index (χ1) is 11.7. The quantitative estimate of drug-likeness (QED) is 0.564. The Bertz CT molecular complexity index is 1230. The number of rotatable bonds is 1. The molecular weight excluding hydrogens is 300 g/mol. The second-order valence-corrected chi connectivity index (χ2v) is 5.28. The SMILES string of the molecule is N#Cc1ccc(-n2c(=N)c(C#N)nc3c4ccccc4[nH]c32)cc1. The zero-order valence-electron chi connectivity index (χ0n) is 12.4. The molecule has 0 bridgehead atoms. The molecule has 0 aliphatic heterocycles. The number of aromatic amines is 1. The average Bonchev–Trinajstić information content (AvgIpc) is 2.99. The number of para-hydroxylation sites is 1. The summed E-state index contributed by atoms with van der Waals surface area (Å²) in [6, 6.07) is 18.6. The van der Waals surface area contributed by atoms with Gasteiger partial charge in [0, 0.05) is 16.6 Å². The lowest BCUT2D eigenvalue weighted by atomic mass is 10.2. The summed E-state index contributed by atoms with van der Waals surface area (Å²) < 4.78 is 1.64. The highest BCUT2D eigenvalue weighted by Crippen LogP contribution is 2.24. The van der Waals surface area contributed by atoms with E-state index in [4.69, 9.17) is 10.7 Å². The van der Waals surface area contributed by atoms with Crippen molar-refractivity contribution in [1.29, 1.82) is 15.9 Å². The number of hydrogen-bond acceptors (Lipinski definition) is 4. The van der Waals surface area contributed by atoms with Crippen molar-refractivity contribution >= 4 is 22.1 Å². The summed E-state index contributed by atoms with van der Waals surface area (Å²) in [5.74, 6) is 0. The van der Waals surface area contributed by atoms with Crippen LogP contribution < -0.4 is 5.49 Å². The average molecular weight is 310 g/mol. The fraction of sp³-hybridized carbons (Fsp3) is 0. The van der Waals surface area contributed by atoms with Crippen molar-refractivity contribution in [3.8, 4) is 17.8 Å². The van der Waals surface area contributed by atoms with Gasteiger partial charge in [-0.15, -0.1) is 0 Å². The van der Waals surface area contributed by atoms with Crippen LogP contribution >= 0.6 is 0 Å². The Hall–Kier alpha value is -3.90. The Labute approximate surface area is 136 Å². The molecule has 0 amide bonds. The molecule has 24 heavy (non-hydrogen) atoms. The minimum atomic E-state index is 0.00117. The van der Waals surface area contributed by atoms with Crippen molar-refractivity contribution in [2.45, 2.75) is 0 Å². The van der Waals surface area contributed by atoms with Gasteiger partial charge in [-0.05, 0) is 30.3 Å². The molecule has 6 nitrogen and oxygen atoms in total. The lowest BCUT2D eigenvalue weighted by Gasteiger charge is -2.09. The first kappa shape index (κ1) is 13.7. The zero-order chi connectivity index (χ0) is 16.7. The lowest BCUT2D eigenvalue weighted by molar-refractivity contribution is 0.921. The maximum Gasteiger partial charge on any atom is 0.184 e. The summed E-state index contributed by atoms with van der Waals surface area (Å²) in [7, 11) is 0. The van der Waals surface area contributed by atoms with Gasteiger partial charge in [-0.1, -0.05) is 18.2 Å². The Morgan fingerprint density at radius 2 is 1.75 bits per heavy atom. The van der Waals surface area contributed by atoms with Gasteiger partial charge < -0.3 is 4.98 Å². The maximum absolute atomic E-state index is 9.34. The van der Waals surface area contributed by atoms with Crippen molar-refractivity contribution in [2.75, 3.05) is 0 Å². The van der Waals surface area contributed by atoms with Crippen molar-refractivity contribution in [3.05, 3.63) is 65.3 Å². The maximum atomic E-state index is 9.34. The van der Waals surface area contributed by atoms with Crippen molar-refractivity contribution in [2.24, 2.45) is 0 Å². The molecule has 2 N–H and O–H groups in total. The fourth-order valence-corrected chi connectivity index (χ4v) is 2.79. The van der Waals surface area contributed by atoms with Gasteiger partial charge in [-0.2, -0.15) is 10.5 Å². The van der Waals surface area contributed by atoms with Gasteiger partial charge in [-0.3, -0.25) is 9.98 Å². The standard InChI is InChI=1S/C18H10N6/c19-9-11-5-7-12(8-6-11)24-17(21)15(10-20)22-16-13-3-1-2-4-14(13)23-18(16)24/h1-8,21,23H. The van der Waals surface area contributed by atoms with Crippen LogP contribution in [0.25, 0.3) is 27.8 Å². The van der Waals surface area contributed by atoms with E-state index in [-0.39, 0.29) is 11.2 Å². The molecular formula is C18H10N6. The van der Waals surface area contributed by atoms with Crippen LogP contribution in [0.3, 0.4) is 0 Å². The molecule has 4 rings (SSSR count). The van der Waals surface area contributed by atoms with Gasteiger partial charge in [0.15, 0.2) is 11.2 Å².